The average Bonchev–Trinajstić information content (AvgIpc) is 2.99. The molecule has 0 unspecified atom stereocenters. The van der Waals surface area contributed by atoms with E-state index in [1.807, 2.05) is 61.5 Å². The van der Waals surface area contributed by atoms with Gasteiger partial charge in [-0.1, -0.05) is 84.4 Å². The fourth-order valence-electron chi connectivity index (χ4n) is 3.94. The van der Waals surface area contributed by atoms with E-state index >= 15 is 0 Å². The Balaban J connectivity index is 1.38. The molecule has 0 bridgehead atoms. The van der Waals surface area contributed by atoms with Gasteiger partial charge in [0.25, 0.3) is 0 Å². The van der Waals surface area contributed by atoms with E-state index in [-0.39, 0.29) is 0 Å². The highest BCUT2D eigenvalue weighted by atomic mass is 16.7. The zero-order valence-electron chi connectivity index (χ0n) is 21.7. The van der Waals surface area contributed by atoms with Gasteiger partial charge < -0.3 is 14.2 Å². The predicted octanol–water partition coefficient (Wildman–Crippen LogP) is 6.30. The van der Waals surface area contributed by atoms with Crippen LogP contribution < -0.4 is 19.6 Å². The number of benzene rings is 5. The van der Waals surface area contributed by atoms with Crippen LogP contribution in [-0.2, 0) is 4.79 Å². The van der Waals surface area contributed by atoms with Crippen LogP contribution >= 0.6 is 0 Å². The maximum Gasteiger partial charge on any atom is 0.343 e. The lowest BCUT2D eigenvalue weighted by atomic mass is 10.0. The SMILES string of the molecule is Cc1ccc(C(=O)Oc2ccc3ccccc3c2C=NNC(=O)C(Oc2ccccc2)Oc2ccccc2)cc1. The van der Waals surface area contributed by atoms with Gasteiger partial charge in [-0.2, -0.15) is 5.10 Å². The van der Waals surface area contributed by atoms with Crippen molar-refractivity contribution >= 4 is 28.9 Å². The van der Waals surface area contributed by atoms with Crippen LogP contribution in [0.15, 0.2) is 126 Å². The third-order valence-electron chi connectivity index (χ3n) is 5.98. The van der Waals surface area contributed by atoms with Gasteiger partial charge in [0, 0.05) is 5.56 Å². The molecule has 0 aliphatic carbocycles. The summed E-state index contributed by atoms with van der Waals surface area (Å²) in [6.07, 6.45) is 0.133. The molecule has 40 heavy (non-hydrogen) atoms. The van der Waals surface area contributed by atoms with Crippen molar-refractivity contribution in [1.29, 1.82) is 0 Å². The van der Waals surface area contributed by atoms with Crippen LogP contribution in [0.3, 0.4) is 0 Å². The normalized spacial score (nSPS) is 10.9. The summed E-state index contributed by atoms with van der Waals surface area (Å²) in [5.41, 5.74) is 4.49. The zero-order chi connectivity index (χ0) is 27.7. The molecule has 0 saturated carbocycles. The monoisotopic (exact) mass is 530 g/mol. The highest BCUT2D eigenvalue weighted by molar-refractivity contribution is 6.04. The molecular weight excluding hydrogens is 504 g/mol. The van der Waals surface area contributed by atoms with Gasteiger partial charge in [-0.15, -0.1) is 0 Å². The number of rotatable bonds is 9. The summed E-state index contributed by atoms with van der Waals surface area (Å²) in [6.45, 7) is 1.95. The summed E-state index contributed by atoms with van der Waals surface area (Å²) in [5, 5.41) is 5.89. The molecule has 0 aromatic heterocycles. The number of carbonyl (C=O) groups is 2. The number of hydrazone groups is 1. The van der Waals surface area contributed by atoms with Crippen molar-refractivity contribution in [1.82, 2.24) is 5.43 Å². The number of hydrogen-bond acceptors (Lipinski definition) is 6. The molecule has 0 heterocycles. The number of para-hydroxylation sites is 2. The van der Waals surface area contributed by atoms with Crippen molar-refractivity contribution in [3.63, 3.8) is 0 Å². The minimum atomic E-state index is -1.31. The van der Waals surface area contributed by atoms with E-state index in [1.54, 1.807) is 66.7 Å². The first-order valence-corrected chi connectivity index (χ1v) is 12.6. The Morgan fingerprint density at radius 2 is 1.32 bits per heavy atom. The highest BCUT2D eigenvalue weighted by Gasteiger charge is 2.23. The van der Waals surface area contributed by atoms with E-state index in [9.17, 15) is 9.59 Å². The molecule has 198 valence electrons. The molecule has 7 nitrogen and oxygen atoms in total. The van der Waals surface area contributed by atoms with Gasteiger partial charge in [0.15, 0.2) is 0 Å². The van der Waals surface area contributed by atoms with Gasteiger partial charge in [-0.25, -0.2) is 10.2 Å². The zero-order valence-corrected chi connectivity index (χ0v) is 21.7. The Labute approximate surface area is 231 Å². The number of hydrogen-bond donors (Lipinski definition) is 1. The number of aryl methyl sites for hydroxylation is 1. The largest absolute Gasteiger partial charge is 0.446 e. The molecule has 0 radical (unpaired) electrons. The standard InChI is InChI=1S/C33H26N2O5/c1-23-16-18-25(19-17-23)32(37)40-30-21-20-24-10-8-9-15-28(24)29(30)22-34-35-31(36)33(38-26-11-4-2-5-12-26)39-27-13-6-3-7-14-27/h2-22,33H,1H3,(H,35,36). The number of esters is 1. The lowest BCUT2D eigenvalue weighted by molar-refractivity contribution is -0.140. The van der Waals surface area contributed by atoms with Gasteiger partial charge in [0.05, 0.1) is 11.8 Å². The maximum atomic E-state index is 13.1. The van der Waals surface area contributed by atoms with Crippen molar-refractivity contribution in [2.75, 3.05) is 0 Å². The van der Waals surface area contributed by atoms with Crippen LogP contribution in [0.1, 0.15) is 21.5 Å². The first-order chi connectivity index (χ1) is 19.6. The number of amides is 1. The van der Waals surface area contributed by atoms with Crippen LogP contribution in [0.25, 0.3) is 10.8 Å². The molecule has 0 aliphatic rings. The van der Waals surface area contributed by atoms with Crippen LogP contribution in [0.4, 0.5) is 0 Å². The van der Waals surface area contributed by atoms with E-state index in [1.165, 1.54) is 6.21 Å². The van der Waals surface area contributed by atoms with Crippen LogP contribution in [0.5, 0.6) is 17.2 Å². The Kier molecular flexibility index (Phi) is 8.12. The highest BCUT2D eigenvalue weighted by Crippen LogP contribution is 2.27. The third kappa shape index (κ3) is 6.52. The molecule has 0 spiro atoms. The Morgan fingerprint density at radius 1 is 0.725 bits per heavy atom. The van der Waals surface area contributed by atoms with E-state index in [2.05, 4.69) is 10.5 Å². The van der Waals surface area contributed by atoms with Crippen molar-refractivity contribution in [3.8, 4) is 17.2 Å². The second-order valence-corrected chi connectivity index (χ2v) is 8.88. The average molecular weight is 531 g/mol. The van der Waals surface area contributed by atoms with Gasteiger partial charge in [0.1, 0.15) is 17.2 Å². The second kappa shape index (κ2) is 12.4. The molecule has 1 amide bonds. The number of carbonyl (C=O) groups excluding carboxylic acids is 2. The van der Waals surface area contributed by atoms with E-state index in [0.29, 0.717) is 28.4 Å². The van der Waals surface area contributed by atoms with Crippen molar-refractivity contribution < 1.29 is 23.8 Å². The van der Waals surface area contributed by atoms with E-state index in [0.717, 1.165) is 16.3 Å². The maximum absolute atomic E-state index is 13.1. The molecule has 5 aromatic carbocycles. The summed E-state index contributed by atoms with van der Waals surface area (Å²) in [5.74, 6) is 0.104. The smallest absolute Gasteiger partial charge is 0.343 e. The fraction of sp³-hybridized carbons (Fsp3) is 0.0606. The number of nitrogens with one attached hydrogen (secondary N) is 1. The predicted molar refractivity (Wildman–Crippen MR) is 154 cm³/mol. The van der Waals surface area contributed by atoms with E-state index in [4.69, 9.17) is 14.2 Å². The molecule has 0 atom stereocenters. The summed E-state index contributed by atoms with van der Waals surface area (Å²) in [6, 6.07) is 36.1. The second-order valence-electron chi connectivity index (χ2n) is 8.88. The van der Waals surface area contributed by atoms with Crippen molar-refractivity contribution in [2.24, 2.45) is 5.10 Å². The van der Waals surface area contributed by atoms with Crippen LogP contribution in [0.2, 0.25) is 0 Å². The molecule has 5 aromatic rings. The fourth-order valence-corrected chi connectivity index (χ4v) is 3.94. The molecule has 0 fully saturated rings. The molecule has 0 aliphatic heterocycles. The Bertz CT molecular complexity index is 1590. The minimum absolute atomic E-state index is 0.305. The number of ether oxygens (including phenoxy) is 3. The number of nitrogens with zero attached hydrogens (tertiary/aromatic N) is 1. The lowest BCUT2D eigenvalue weighted by Crippen LogP contribution is -2.40. The molecule has 0 saturated heterocycles. The van der Waals surface area contributed by atoms with Gasteiger partial charge in [-0.3, -0.25) is 4.79 Å². The van der Waals surface area contributed by atoms with Gasteiger partial charge in [0.2, 0.25) is 0 Å². The lowest BCUT2D eigenvalue weighted by Gasteiger charge is -2.18. The topological polar surface area (TPSA) is 86.2 Å². The quantitative estimate of drug-likeness (QED) is 0.0795. The van der Waals surface area contributed by atoms with Crippen molar-refractivity contribution in [3.05, 3.63) is 138 Å². The third-order valence-corrected chi connectivity index (χ3v) is 5.98. The molecule has 5 rings (SSSR count). The Hall–Kier alpha value is -5.43. The summed E-state index contributed by atoms with van der Waals surface area (Å²) < 4.78 is 17.4. The minimum Gasteiger partial charge on any atom is -0.446 e. The first kappa shape index (κ1) is 26.2. The van der Waals surface area contributed by atoms with Crippen LogP contribution in [0, 0.1) is 6.92 Å². The number of fused-ring (bicyclic) bond motifs is 1. The van der Waals surface area contributed by atoms with Gasteiger partial charge in [-0.05, 0) is 60.2 Å². The summed E-state index contributed by atoms with van der Waals surface area (Å²) >= 11 is 0. The molecular formula is C33H26N2O5. The molecule has 7 heteroatoms. The van der Waals surface area contributed by atoms with Crippen LogP contribution in [-0.4, -0.2) is 24.4 Å². The summed E-state index contributed by atoms with van der Waals surface area (Å²) in [7, 11) is 0. The Morgan fingerprint density at radius 3 is 1.98 bits per heavy atom. The van der Waals surface area contributed by atoms with E-state index < -0.39 is 18.2 Å². The molecule has 1 N–H and O–H groups in total. The van der Waals surface area contributed by atoms with Crippen molar-refractivity contribution in [2.45, 2.75) is 13.2 Å². The first-order valence-electron chi connectivity index (χ1n) is 12.6. The summed E-state index contributed by atoms with van der Waals surface area (Å²) in [4.78, 5) is 26.0. The van der Waals surface area contributed by atoms with Gasteiger partial charge >= 0.3 is 18.2 Å².